The Balaban J connectivity index is 1.11. The fraction of sp³-hybridized carbons (Fsp3) is 0.169. The lowest BCUT2D eigenvalue weighted by atomic mass is 9.58. The summed E-state index contributed by atoms with van der Waals surface area (Å²) in [6.07, 6.45) is 2.35. The monoisotopic (exact) mass is 840 g/mol. The number of hydrogen-bond donors (Lipinski definition) is 1. The van der Waals surface area contributed by atoms with Gasteiger partial charge in [0.15, 0.2) is 7.28 Å². The number of nitrogens with zero attached hydrogens (tertiary/aromatic N) is 4. The van der Waals surface area contributed by atoms with Crippen molar-refractivity contribution in [1.29, 1.82) is 0 Å². The molecule has 0 fully saturated rings. The molecule has 10 aromatic rings. The van der Waals surface area contributed by atoms with E-state index in [4.69, 9.17) is 4.98 Å². The molecular weight excluding hydrogens is 789 g/mol. The third kappa shape index (κ3) is 6.25. The number of benzene rings is 8. The summed E-state index contributed by atoms with van der Waals surface area (Å²) in [7, 11) is 4.56. The summed E-state index contributed by atoms with van der Waals surface area (Å²) in [5.74, 6) is 0.961. The smallest absolute Gasteiger partial charge is 0.198 e. The van der Waals surface area contributed by atoms with E-state index in [2.05, 4.69) is 238 Å². The molecule has 0 bridgehead atoms. The number of hydrogen-bond acceptors (Lipinski definition) is 3. The Kier molecular flexibility index (Phi) is 8.84. The van der Waals surface area contributed by atoms with Crippen LogP contribution in [0.5, 0.6) is 0 Å². The minimum Gasteiger partial charge on any atom is -0.355 e. The first-order chi connectivity index (χ1) is 31.5. The summed E-state index contributed by atoms with van der Waals surface area (Å²) in [4.78, 5) is 7.62. The van der Waals surface area contributed by atoms with Gasteiger partial charge in [0.1, 0.15) is 5.82 Å². The zero-order valence-corrected chi connectivity index (χ0v) is 37.9. The van der Waals surface area contributed by atoms with Gasteiger partial charge in [-0.1, -0.05) is 130 Å². The van der Waals surface area contributed by atoms with Gasteiger partial charge in [-0.3, -0.25) is 0 Å². The average molecular weight is 841 g/mol. The molecule has 315 valence electrons. The molecule has 65 heavy (non-hydrogen) atoms. The molecule has 1 N–H and O–H groups in total. The highest BCUT2D eigenvalue weighted by Crippen LogP contribution is 2.48. The summed E-state index contributed by atoms with van der Waals surface area (Å²) < 4.78 is 4.76. The second kappa shape index (κ2) is 14.6. The maximum Gasteiger partial charge on any atom is 0.198 e. The fourth-order valence-electron chi connectivity index (χ4n) is 11.0. The van der Waals surface area contributed by atoms with E-state index in [1.165, 1.54) is 61.6 Å². The Morgan fingerprint density at radius 3 is 2.00 bits per heavy atom. The maximum absolute atomic E-state index is 5.26. The molecule has 2 aromatic heterocycles. The van der Waals surface area contributed by atoms with Gasteiger partial charge in [-0.25, -0.2) is 4.98 Å². The summed E-state index contributed by atoms with van der Waals surface area (Å²) >= 11 is 0. The molecule has 12 rings (SSSR count). The molecule has 1 radical (unpaired) electrons. The van der Waals surface area contributed by atoms with Crippen molar-refractivity contribution in [1.82, 2.24) is 14.1 Å². The number of nitrogens with one attached hydrogen (secondary N) is 1. The van der Waals surface area contributed by atoms with Gasteiger partial charge >= 0.3 is 0 Å². The molecule has 3 heterocycles. The minimum atomic E-state index is 0.0874. The van der Waals surface area contributed by atoms with Gasteiger partial charge in [0.25, 0.3) is 0 Å². The van der Waals surface area contributed by atoms with Gasteiger partial charge in [-0.15, -0.1) is 0 Å². The quantitative estimate of drug-likeness (QED) is 0.163. The molecule has 8 aromatic carbocycles. The molecule has 0 saturated carbocycles. The highest BCUT2D eigenvalue weighted by Gasteiger charge is 2.37. The molecule has 6 heteroatoms. The zero-order chi connectivity index (χ0) is 44.2. The van der Waals surface area contributed by atoms with Crippen LogP contribution < -0.4 is 21.1 Å². The molecule has 0 amide bonds. The molecule has 1 aliphatic heterocycles. The number of anilines is 5. The van der Waals surface area contributed by atoms with E-state index in [9.17, 15) is 0 Å². The Hall–Kier alpha value is -7.31. The first-order valence-corrected chi connectivity index (χ1v) is 23.0. The molecule has 2 aliphatic rings. The second-order valence-corrected chi connectivity index (χ2v) is 19.5. The molecule has 0 saturated heterocycles. The van der Waals surface area contributed by atoms with Crippen LogP contribution in [0, 0.1) is 6.92 Å². The van der Waals surface area contributed by atoms with Crippen LogP contribution in [0.25, 0.3) is 61.0 Å². The van der Waals surface area contributed by atoms with Gasteiger partial charge in [0, 0.05) is 68.6 Å². The van der Waals surface area contributed by atoms with Crippen molar-refractivity contribution in [3.8, 4) is 28.2 Å². The lowest BCUT2D eigenvalue weighted by Crippen LogP contribution is -2.37. The summed E-state index contributed by atoms with van der Waals surface area (Å²) in [6.45, 7) is 11.9. The first kappa shape index (κ1) is 39.3. The number of imidazole rings is 1. The van der Waals surface area contributed by atoms with Crippen LogP contribution in [-0.2, 0) is 17.9 Å². The van der Waals surface area contributed by atoms with Crippen LogP contribution in [0.3, 0.4) is 0 Å². The van der Waals surface area contributed by atoms with Gasteiger partial charge in [-0.05, 0) is 131 Å². The van der Waals surface area contributed by atoms with Crippen LogP contribution in [0.15, 0.2) is 170 Å². The van der Waals surface area contributed by atoms with E-state index >= 15 is 0 Å². The van der Waals surface area contributed by atoms with E-state index in [1.807, 2.05) is 0 Å². The highest BCUT2D eigenvalue weighted by atomic mass is 15.1. The minimum absolute atomic E-state index is 0.0874. The molecule has 1 aliphatic carbocycles. The van der Waals surface area contributed by atoms with Crippen LogP contribution in [-0.4, -0.2) is 21.4 Å². The Bertz CT molecular complexity index is 3470. The average Bonchev–Trinajstić information content (AvgIpc) is 3.85. The first-order valence-electron chi connectivity index (χ1n) is 23.0. The predicted octanol–water partition coefficient (Wildman–Crippen LogP) is 13.8. The topological polar surface area (TPSA) is 38.0 Å². The van der Waals surface area contributed by atoms with Crippen LogP contribution in [0.2, 0.25) is 0 Å². The molecule has 0 atom stereocenters. The van der Waals surface area contributed by atoms with Crippen LogP contribution in [0.4, 0.5) is 28.4 Å². The molecular formula is C59H51BN5. The van der Waals surface area contributed by atoms with E-state index in [1.54, 1.807) is 0 Å². The van der Waals surface area contributed by atoms with E-state index < -0.39 is 0 Å². The number of para-hydroxylation sites is 3. The van der Waals surface area contributed by atoms with Crippen molar-refractivity contribution >= 4 is 79.5 Å². The van der Waals surface area contributed by atoms with Gasteiger partial charge in [0.2, 0.25) is 0 Å². The van der Waals surface area contributed by atoms with Gasteiger partial charge in [0.05, 0.1) is 16.6 Å². The van der Waals surface area contributed by atoms with Crippen molar-refractivity contribution in [3.05, 3.63) is 187 Å². The normalized spacial score (nSPS) is 14.6. The zero-order valence-electron chi connectivity index (χ0n) is 37.9. The third-order valence-electron chi connectivity index (χ3n) is 14.5. The SMILES string of the molecule is Cc1cc(-c2cc(N(c3ccccc3)c3ccccc3)ccc2Nc2ccc3c(c2)C(C)(C)CCC3(C)C)c2c3c1c1ccccc1n3-c1cc3c(cc1[B]2)nc(-c1ccccc1)n3C. The summed E-state index contributed by atoms with van der Waals surface area (Å²) in [5.41, 5.74) is 21.3. The largest absolute Gasteiger partial charge is 0.355 e. The Morgan fingerprint density at radius 1 is 0.615 bits per heavy atom. The highest BCUT2D eigenvalue weighted by molar-refractivity contribution is 6.73. The van der Waals surface area contributed by atoms with Crippen molar-refractivity contribution in [2.24, 2.45) is 7.05 Å². The van der Waals surface area contributed by atoms with E-state index in [0.717, 1.165) is 68.3 Å². The van der Waals surface area contributed by atoms with Crippen molar-refractivity contribution in [2.45, 2.75) is 58.3 Å². The number of aromatic nitrogens is 3. The molecule has 5 nitrogen and oxygen atoms in total. The van der Waals surface area contributed by atoms with Crippen LogP contribution >= 0.6 is 0 Å². The van der Waals surface area contributed by atoms with Crippen molar-refractivity contribution in [3.63, 3.8) is 0 Å². The van der Waals surface area contributed by atoms with Crippen molar-refractivity contribution in [2.75, 3.05) is 10.2 Å². The number of fused-ring (bicyclic) bond motifs is 7. The predicted molar refractivity (Wildman–Crippen MR) is 275 cm³/mol. The second-order valence-electron chi connectivity index (χ2n) is 19.5. The Morgan fingerprint density at radius 2 is 1.28 bits per heavy atom. The lowest BCUT2D eigenvalue weighted by molar-refractivity contribution is 0.332. The lowest BCUT2D eigenvalue weighted by Gasteiger charge is -2.42. The molecule has 0 unspecified atom stereocenters. The van der Waals surface area contributed by atoms with E-state index in [-0.39, 0.29) is 10.8 Å². The van der Waals surface area contributed by atoms with Gasteiger partial charge in [-0.2, -0.15) is 0 Å². The Labute approximate surface area is 382 Å². The maximum atomic E-state index is 5.26. The summed E-state index contributed by atoms with van der Waals surface area (Å²) in [5, 5.41) is 6.57. The summed E-state index contributed by atoms with van der Waals surface area (Å²) in [6, 6.07) is 62.0. The number of rotatable bonds is 7. The van der Waals surface area contributed by atoms with E-state index in [0.29, 0.717) is 0 Å². The third-order valence-corrected chi connectivity index (χ3v) is 14.5. The van der Waals surface area contributed by atoms with Gasteiger partial charge < -0.3 is 19.4 Å². The standard InChI is InChI=1S/C59H51BN5/c1-37-32-45(55-56-54(37)43-24-16-17-25-51(43)65(56)52-36-53-50(35-48(52)60-55)62-57(63(53)6)38-18-10-7-11-19-38)44-34-42(64(40-20-12-8-13-21-40)41-22-14-9-15-23-41)27-29-49(44)61-39-26-28-46-47(33-39)59(4,5)31-30-58(46,2)3/h7-29,32-36,61H,30-31H2,1-6H3. The molecule has 0 spiro atoms. The number of aryl methyl sites for hydroxylation is 2. The van der Waals surface area contributed by atoms with Crippen LogP contribution in [0.1, 0.15) is 57.2 Å². The van der Waals surface area contributed by atoms with Crippen molar-refractivity contribution < 1.29 is 0 Å². The fourth-order valence-corrected chi connectivity index (χ4v) is 11.0.